The number of aromatic nitrogens is 1. The first kappa shape index (κ1) is 15.4. The molecule has 0 saturated heterocycles. The molecule has 0 saturated carbocycles. The Morgan fingerprint density at radius 1 is 1.29 bits per heavy atom. The third-order valence-electron chi connectivity index (χ3n) is 3.16. The van der Waals surface area contributed by atoms with Crippen molar-refractivity contribution in [2.24, 2.45) is 4.99 Å². The summed E-state index contributed by atoms with van der Waals surface area (Å²) in [6.45, 7) is 5.16. The number of aromatic amines is 1. The van der Waals surface area contributed by atoms with E-state index in [4.69, 9.17) is 4.74 Å². The number of ether oxygens (including phenoxy) is 1. The number of nitrogens with one attached hydrogen (secondary N) is 3. The van der Waals surface area contributed by atoms with E-state index in [0.717, 1.165) is 43.3 Å². The molecule has 3 N–H and O–H groups in total. The van der Waals surface area contributed by atoms with E-state index in [1.807, 2.05) is 12.1 Å². The van der Waals surface area contributed by atoms with Crippen molar-refractivity contribution in [3.05, 3.63) is 36.0 Å². The number of hydrogen-bond acceptors (Lipinski definition) is 2. The number of para-hydroxylation sites is 1. The maximum absolute atomic E-state index is 5.04. The van der Waals surface area contributed by atoms with Crippen LogP contribution in [0.2, 0.25) is 0 Å². The molecule has 2 aromatic rings. The molecule has 0 aliphatic rings. The smallest absolute Gasteiger partial charge is 0.191 e. The fourth-order valence-electron chi connectivity index (χ4n) is 2.15. The molecule has 0 unspecified atom stereocenters. The van der Waals surface area contributed by atoms with Gasteiger partial charge in [-0.25, -0.2) is 4.99 Å². The minimum Gasteiger partial charge on any atom is -0.385 e. The molecule has 1 heterocycles. The molecule has 0 fully saturated rings. The molecule has 5 heteroatoms. The summed E-state index contributed by atoms with van der Waals surface area (Å²) in [6, 6.07) is 10.4. The van der Waals surface area contributed by atoms with Crippen LogP contribution in [0.3, 0.4) is 0 Å². The summed E-state index contributed by atoms with van der Waals surface area (Å²) in [5, 5.41) is 7.78. The third-order valence-corrected chi connectivity index (χ3v) is 3.16. The summed E-state index contributed by atoms with van der Waals surface area (Å²) >= 11 is 0. The van der Waals surface area contributed by atoms with E-state index in [1.165, 1.54) is 5.39 Å². The summed E-state index contributed by atoms with van der Waals surface area (Å²) in [5.41, 5.74) is 2.27. The molecular weight excluding hydrogens is 264 g/mol. The molecule has 0 radical (unpaired) electrons. The maximum atomic E-state index is 5.04. The molecule has 1 aromatic carbocycles. The van der Waals surface area contributed by atoms with Crippen molar-refractivity contribution in [3.8, 4) is 0 Å². The summed E-state index contributed by atoms with van der Waals surface area (Å²) in [5.74, 6) is 0.840. The van der Waals surface area contributed by atoms with Gasteiger partial charge in [-0.15, -0.1) is 0 Å². The van der Waals surface area contributed by atoms with Gasteiger partial charge in [-0.3, -0.25) is 0 Å². The molecule has 0 atom stereocenters. The summed E-state index contributed by atoms with van der Waals surface area (Å²) in [4.78, 5) is 7.99. The highest BCUT2D eigenvalue weighted by Gasteiger charge is 2.01. The van der Waals surface area contributed by atoms with Crippen LogP contribution >= 0.6 is 0 Å². The molecule has 0 amide bonds. The first-order valence-corrected chi connectivity index (χ1v) is 7.41. The van der Waals surface area contributed by atoms with Gasteiger partial charge in [-0.2, -0.15) is 0 Å². The van der Waals surface area contributed by atoms with Gasteiger partial charge in [0.2, 0.25) is 0 Å². The predicted molar refractivity (Wildman–Crippen MR) is 87.6 cm³/mol. The minimum atomic E-state index is 0.633. The fourth-order valence-corrected chi connectivity index (χ4v) is 2.15. The molecule has 2 rings (SSSR count). The molecule has 0 bridgehead atoms. The Labute approximate surface area is 125 Å². The highest BCUT2D eigenvalue weighted by atomic mass is 16.5. The van der Waals surface area contributed by atoms with Crippen LogP contribution in [-0.4, -0.2) is 37.7 Å². The number of methoxy groups -OCH3 is 1. The second-order valence-corrected chi connectivity index (χ2v) is 4.85. The molecule has 0 spiro atoms. The lowest BCUT2D eigenvalue weighted by atomic mass is 10.2. The fraction of sp³-hybridized carbons (Fsp3) is 0.438. The van der Waals surface area contributed by atoms with Crippen LogP contribution in [0, 0.1) is 0 Å². The number of rotatable bonds is 7. The van der Waals surface area contributed by atoms with E-state index in [9.17, 15) is 0 Å². The van der Waals surface area contributed by atoms with Crippen LogP contribution in [-0.2, 0) is 11.3 Å². The lowest BCUT2D eigenvalue weighted by Crippen LogP contribution is -2.38. The van der Waals surface area contributed by atoms with Crippen molar-refractivity contribution in [1.82, 2.24) is 15.6 Å². The lowest BCUT2D eigenvalue weighted by molar-refractivity contribution is 0.195. The topological polar surface area (TPSA) is 61.4 Å². The number of H-pyrrole nitrogens is 1. The van der Waals surface area contributed by atoms with E-state index in [2.05, 4.69) is 45.7 Å². The Morgan fingerprint density at radius 3 is 2.90 bits per heavy atom. The van der Waals surface area contributed by atoms with Crippen molar-refractivity contribution in [1.29, 1.82) is 0 Å². The van der Waals surface area contributed by atoms with Gasteiger partial charge in [-0.1, -0.05) is 18.2 Å². The normalized spacial score (nSPS) is 11.8. The lowest BCUT2D eigenvalue weighted by Gasteiger charge is -2.10. The zero-order valence-electron chi connectivity index (χ0n) is 12.8. The van der Waals surface area contributed by atoms with Crippen molar-refractivity contribution < 1.29 is 4.74 Å². The number of nitrogens with zero attached hydrogens (tertiary/aromatic N) is 1. The van der Waals surface area contributed by atoms with Gasteiger partial charge < -0.3 is 20.4 Å². The maximum Gasteiger partial charge on any atom is 0.191 e. The molecule has 114 valence electrons. The van der Waals surface area contributed by atoms with Crippen molar-refractivity contribution in [2.75, 3.05) is 26.8 Å². The second kappa shape index (κ2) is 8.32. The van der Waals surface area contributed by atoms with E-state index in [-0.39, 0.29) is 0 Å². The van der Waals surface area contributed by atoms with Crippen LogP contribution in [0.1, 0.15) is 19.0 Å². The van der Waals surface area contributed by atoms with Crippen LogP contribution in [0.15, 0.2) is 35.3 Å². The Bertz CT molecular complexity index is 543. The van der Waals surface area contributed by atoms with Gasteiger partial charge in [0, 0.05) is 38.0 Å². The Kier molecular flexibility index (Phi) is 6.09. The van der Waals surface area contributed by atoms with Gasteiger partial charge in [0.25, 0.3) is 0 Å². The first-order valence-electron chi connectivity index (χ1n) is 7.41. The van der Waals surface area contributed by atoms with Gasteiger partial charge in [-0.05, 0) is 30.9 Å². The third kappa shape index (κ3) is 4.79. The standard InChI is InChI=1S/C16H24N4O/c1-3-17-16(18-9-6-10-21-2)19-12-14-11-13-7-4-5-8-15(13)20-14/h4-5,7-8,11,20H,3,6,9-10,12H2,1-2H3,(H2,17,18,19). The Balaban J connectivity index is 1.94. The molecule has 21 heavy (non-hydrogen) atoms. The van der Waals surface area contributed by atoms with Crippen LogP contribution in [0.25, 0.3) is 10.9 Å². The van der Waals surface area contributed by atoms with E-state index in [1.54, 1.807) is 7.11 Å². The Morgan fingerprint density at radius 2 is 2.14 bits per heavy atom. The highest BCUT2D eigenvalue weighted by Crippen LogP contribution is 2.14. The molecular formula is C16H24N4O. The van der Waals surface area contributed by atoms with Crippen molar-refractivity contribution in [3.63, 3.8) is 0 Å². The Hall–Kier alpha value is -2.01. The SMILES string of the molecule is CCNC(=NCc1cc2ccccc2[nH]1)NCCCOC. The van der Waals surface area contributed by atoms with Gasteiger partial charge in [0.05, 0.1) is 6.54 Å². The minimum absolute atomic E-state index is 0.633. The average molecular weight is 288 g/mol. The highest BCUT2D eigenvalue weighted by molar-refractivity contribution is 5.81. The molecule has 1 aromatic heterocycles. The van der Waals surface area contributed by atoms with Gasteiger partial charge in [0.1, 0.15) is 0 Å². The van der Waals surface area contributed by atoms with E-state index >= 15 is 0 Å². The van der Waals surface area contributed by atoms with Gasteiger partial charge in [0.15, 0.2) is 5.96 Å². The number of guanidine groups is 1. The number of fused-ring (bicyclic) bond motifs is 1. The number of aliphatic imine (C=N–C) groups is 1. The molecule has 0 aliphatic carbocycles. The van der Waals surface area contributed by atoms with Gasteiger partial charge >= 0.3 is 0 Å². The molecule has 5 nitrogen and oxygen atoms in total. The quantitative estimate of drug-likeness (QED) is 0.416. The predicted octanol–water partition coefficient (Wildman–Crippen LogP) is 2.26. The van der Waals surface area contributed by atoms with Crippen molar-refractivity contribution >= 4 is 16.9 Å². The zero-order valence-corrected chi connectivity index (χ0v) is 12.8. The number of benzene rings is 1. The van der Waals surface area contributed by atoms with Crippen molar-refractivity contribution in [2.45, 2.75) is 19.9 Å². The number of hydrogen-bond donors (Lipinski definition) is 3. The average Bonchev–Trinajstić information content (AvgIpc) is 2.92. The van der Waals surface area contributed by atoms with E-state index in [0.29, 0.717) is 6.54 Å². The largest absolute Gasteiger partial charge is 0.385 e. The molecule has 0 aliphatic heterocycles. The van der Waals surface area contributed by atoms with Crippen LogP contribution < -0.4 is 10.6 Å². The van der Waals surface area contributed by atoms with Crippen LogP contribution in [0.4, 0.5) is 0 Å². The summed E-state index contributed by atoms with van der Waals surface area (Å²) < 4.78 is 5.04. The van der Waals surface area contributed by atoms with E-state index < -0.39 is 0 Å². The summed E-state index contributed by atoms with van der Waals surface area (Å²) in [7, 11) is 1.72. The summed E-state index contributed by atoms with van der Waals surface area (Å²) in [6.07, 6.45) is 0.966. The monoisotopic (exact) mass is 288 g/mol. The second-order valence-electron chi connectivity index (χ2n) is 4.85. The van der Waals surface area contributed by atoms with Crippen LogP contribution in [0.5, 0.6) is 0 Å². The zero-order chi connectivity index (χ0) is 14.9. The first-order chi connectivity index (χ1) is 10.3.